The lowest BCUT2D eigenvalue weighted by atomic mass is 10.1. The summed E-state index contributed by atoms with van der Waals surface area (Å²) in [5.74, 6) is -2.29. The Morgan fingerprint density at radius 1 is 1.14 bits per heavy atom. The number of benzene rings is 2. The fraction of sp³-hybridized carbons (Fsp3) is 0.0714. The third-order valence-electron chi connectivity index (χ3n) is 2.86. The number of nitrogens with two attached hydrogens (primary N) is 2. The third-order valence-corrected chi connectivity index (χ3v) is 4.25. The smallest absolute Gasteiger partial charge is 0.248 e. The number of hydrogen-bond acceptors (Lipinski definition) is 3. The first-order valence-corrected chi connectivity index (χ1v) is 7.22. The van der Waals surface area contributed by atoms with Crippen molar-refractivity contribution in [2.45, 2.75) is 10.6 Å². The quantitative estimate of drug-likeness (QED) is 0.846. The molecule has 110 valence electrons. The Bertz CT molecular complexity index is 735. The van der Waals surface area contributed by atoms with Crippen LogP contribution in [0.5, 0.6) is 0 Å². The summed E-state index contributed by atoms with van der Waals surface area (Å²) in [6, 6.07) is 7.17. The molecule has 0 saturated carbocycles. The van der Waals surface area contributed by atoms with Gasteiger partial charge in [0.05, 0.1) is 21.4 Å². The molecule has 0 aliphatic heterocycles. The van der Waals surface area contributed by atoms with Gasteiger partial charge >= 0.3 is 0 Å². The van der Waals surface area contributed by atoms with Gasteiger partial charge in [0.2, 0.25) is 5.91 Å². The molecule has 4 N–H and O–H groups in total. The van der Waals surface area contributed by atoms with Crippen LogP contribution in [0.2, 0.25) is 0 Å². The number of nitrogen functional groups attached to an aromatic ring is 1. The predicted octanol–water partition coefficient (Wildman–Crippen LogP) is 1.95. The fourth-order valence-corrected chi connectivity index (χ4v) is 2.96. The van der Waals surface area contributed by atoms with E-state index in [0.29, 0.717) is 11.6 Å². The molecule has 7 heteroatoms. The van der Waals surface area contributed by atoms with Crippen LogP contribution in [0.3, 0.4) is 0 Å². The van der Waals surface area contributed by atoms with Gasteiger partial charge in [-0.15, -0.1) is 0 Å². The van der Waals surface area contributed by atoms with Crippen LogP contribution in [0.4, 0.5) is 14.5 Å². The molecule has 2 rings (SSSR count). The summed E-state index contributed by atoms with van der Waals surface area (Å²) >= 11 is 0. The summed E-state index contributed by atoms with van der Waals surface area (Å²) < 4.78 is 38.5. The number of amides is 1. The van der Waals surface area contributed by atoms with Crippen LogP contribution in [-0.4, -0.2) is 10.1 Å². The van der Waals surface area contributed by atoms with Crippen LogP contribution in [-0.2, 0) is 16.6 Å². The van der Waals surface area contributed by atoms with Crippen molar-refractivity contribution in [1.82, 2.24) is 0 Å². The maximum absolute atomic E-state index is 13.5. The molecule has 2 aromatic carbocycles. The summed E-state index contributed by atoms with van der Waals surface area (Å²) in [4.78, 5) is 10.9. The SMILES string of the molecule is NC(=O)c1ccc(CS(=O)c2ccc(F)cc2F)c(N)c1. The lowest BCUT2D eigenvalue weighted by Gasteiger charge is -2.08. The number of anilines is 1. The van der Waals surface area contributed by atoms with Crippen LogP contribution in [0, 0.1) is 11.6 Å². The molecule has 0 saturated heterocycles. The average Bonchev–Trinajstić information content (AvgIpc) is 2.40. The van der Waals surface area contributed by atoms with E-state index >= 15 is 0 Å². The molecule has 1 atom stereocenters. The number of carbonyl (C=O) groups is 1. The second-order valence-corrected chi connectivity index (χ2v) is 5.76. The van der Waals surface area contributed by atoms with Gasteiger partial charge < -0.3 is 11.5 Å². The molecule has 1 amide bonds. The Morgan fingerprint density at radius 3 is 2.43 bits per heavy atom. The highest BCUT2D eigenvalue weighted by molar-refractivity contribution is 7.84. The van der Waals surface area contributed by atoms with E-state index in [1.54, 1.807) is 0 Å². The monoisotopic (exact) mass is 310 g/mol. The van der Waals surface area contributed by atoms with Crippen molar-refractivity contribution in [3.8, 4) is 0 Å². The number of hydrogen-bond donors (Lipinski definition) is 2. The van der Waals surface area contributed by atoms with Crippen molar-refractivity contribution in [2.75, 3.05) is 5.73 Å². The maximum Gasteiger partial charge on any atom is 0.248 e. The van der Waals surface area contributed by atoms with Crippen LogP contribution in [0.15, 0.2) is 41.3 Å². The van der Waals surface area contributed by atoms with Crippen molar-refractivity contribution in [1.29, 1.82) is 0 Å². The van der Waals surface area contributed by atoms with Crippen LogP contribution < -0.4 is 11.5 Å². The van der Waals surface area contributed by atoms with E-state index < -0.39 is 28.3 Å². The van der Waals surface area contributed by atoms with E-state index in [0.717, 1.165) is 12.1 Å². The molecular weight excluding hydrogens is 298 g/mol. The molecule has 0 spiro atoms. The molecule has 0 bridgehead atoms. The predicted molar refractivity (Wildman–Crippen MR) is 75.8 cm³/mol. The number of rotatable bonds is 4. The molecular formula is C14H12F2N2O2S. The maximum atomic E-state index is 13.5. The number of primary amides is 1. The minimum Gasteiger partial charge on any atom is -0.398 e. The second kappa shape index (κ2) is 6.01. The zero-order valence-corrected chi connectivity index (χ0v) is 11.6. The van der Waals surface area contributed by atoms with Crippen molar-refractivity contribution >= 4 is 22.4 Å². The Balaban J connectivity index is 2.25. The summed E-state index contributed by atoms with van der Waals surface area (Å²) in [6.45, 7) is 0. The zero-order valence-electron chi connectivity index (χ0n) is 10.8. The van der Waals surface area contributed by atoms with E-state index in [2.05, 4.69) is 0 Å². The van der Waals surface area contributed by atoms with E-state index in [9.17, 15) is 17.8 Å². The van der Waals surface area contributed by atoms with Gasteiger partial charge in [-0.05, 0) is 29.8 Å². The van der Waals surface area contributed by atoms with Gasteiger partial charge in [-0.25, -0.2) is 8.78 Å². The van der Waals surface area contributed by atoms with Gasteiger partial charge in [0, 0.05) is 17.3 Å². The first-order chi connectivity index (χ1) is 9.88. The van der Waals surface area contributed by atoms with Gasteiger partial charge in [-0.3, -0.25) is 9.00 Å². The molecule has 0 fully saturated rings. The lowest BCUT2D eigenvalue weighted by molar-refractivity contribution is 0.100. The standard InChI is InChI=1S/C14H12F2N2O2S/c15-10-3-4-13(11(16)6-10)21(20)7-9-2-1-8(14(18)19)5-12(9)17/h1-6H,7,17H2,(H2,18,19). The van der Waals surface area contributed by atoms with Gasteiger partial charge in [-0.1, -0.05) is 6.07 Å². The van der Waals surface area contributed by atoms with E-state index in [1.807, 2.05) is 0 Å². The molecule has 21 heavy (non-hydrogen) atoms. The highest BCUT2D eigenvalue weighted by atomic mass is 32.2. The van der Waals surface area contributed by atoms with Crippen molar-refractivity contribution < 1.29 is 17.8 Å². The Labute approximate surface area is 122 Å². The zero-order chi connectivity index (χ0) is 15.6. The Hall–Kier alpha value is -2.28. The van der Waals surface area contributed by atoms with E-state index in [-0.39, 0.29) is 21.9 Å². The van der Waals surface area contributed by atoms with Gasteiger partial charge in [0.15, 0.2) is 0 Å². The second-order valence-electron chi connectivity index (χ2n) is 4.34. The first-order valence-electron chi connectivity index (χ1n) is 5.90. The van der Waals surface area contributed by atoms with Gasteiger partial charge in [0.25, 0.3) is 0 Å². The van der Waals surface area contributed by atoms with Crippen molar-refractivity contribution in [3.05, 3.63) is 59.2 Å². The minimum absolute atomic E-state index is 0.0482. The summed E-state index contributed by atoms with van der Waals surface area (Å²) in [5, 5.41) is 0. The fourth-order valence-electron chi connectivity index (χ4n) is 1.76. The molecule has 0 heterocycles. The summed E-state index contributed by atoms with van der Waals surface area (Å²) in [7, 11) is -1.72. The average molecular weight is 310 g/mol. The lowest BCUT2D eigenvalue weighted by Crippen LogP contribution is -2.12. The van der Waals surface area contributed by atoms with E-state index in [4.69, 9.17) is 11.5 Å². The Kier molecular flexibility index (Phi) is 4.32. The highest BCUT2D eigenvalue weighted by Gasteiger charge is 2.14. The third kappa shape index (κ3) is 3.43. The summed E-state index contributed by atoms with van der Waals surface area (Å²) in [6.07, 6.45) is 0. The Morgan fingerprint density at radius 2 is 1.86 bits per heavy atom. The highest BCUT2D eigenvalue weighted by Crippen LogP contribution is 2.21. The molecule has 2 aromatic rings. The number of carbonyl (C=O) groups excluding carboxylic acids is 1. The van der Waals surface area contributed by atoms with E-state index in [1.165, 1.54) is 18.2 Å². The normalized spacial score (nSPS) is 12.1. The van der Waals surface area contributed by atoms with Crippen LogP contribution in [0.25, 0.3) is 0 Å². The molecule has 0 radical (unpaired) electrons. The van der Waals surface area contributed by atoms with Crippen LogP contribution >= 0.6 is 0 Å². The number of halogens is 2. The molecule has 0 aromatic heterocycles. The van der Waals surface area contributed by atoms with Gasteiger partial charge in [0.1, 0.15) is 11.6 Å². The molecule has 0 aliphatic carbocycles. The molecule has 1 unspecified atom stereocenters. The molecule has 0 aliphatic rings. The van der Waals surface area contributed by atoms with Crippen LogP contribution in [0.1, 0.15) is 15.9 Å². The first kappa shape index (κ1) is 15.1. The minimum atomic E-state index is -1.72. The summed E-state index contributed by atoms with van der Waals surface area (Å²) in [5.41, 5.74) is 11.8. The molecule has 4 nitrogen and oxygen atoms in total. The topological polar surface area (TPSA) is 86.2 Å². The van der Waals surface area contributed by atoms with Gasteiger partial charge in [-0.2, -0.15) is 0 Å². The largest absolute Gasteiger partial charge is 0.398 e. The van der Waals surface area contributed by atoms with Crippen molar-refractivity contribution in [2.24, 2.45) is 5.73 Å². The van der Waals surface area contributed by atoms with Crippen molar-refractivity contribution in [3.63, 3.8) is 0 Å².